The lowest BCUT2D eigenvalue weighted by Crippen LogP contribution is -2.53. The Morgan fingerprint density at radius 2 is 2.00 bits per heavy atom. The number of carbonyl (C=O) groups excluding carboxylic acids is 2. The lowest BCUT2D eigenvalue weighted by molar-refractivity contribution is -0.129. The van der Waals surface area contributed by atoms with Crippen molar-refractivity contribution in [3.63, 3.8) is 0 Å². The Balaban J connectivity index is 2.38. The van der Waals surface area contributed by atoms with E-state index < -0.39 is 0 Å². The van der Waals surface area contributed by atoms with E-state index >= 15 is 0 Å². The van der Waals surface area contributed by atoms with Crippen LogP contribution in [0.2, 0.25) is 0 Å². The average Bonchev–Trinajstić information content (AvgIpc) is 1.95. The van der Waals surface area contributed by atoms with Gasteiger partial charge in [0.1, 0.15) is 5.78 Å². The van der Waals surface area contributed by atoms with Gasteiger partial charge in [-0.2, -0.15) is 0 Å². The van der Waals surface area contributed by atoms with Crippen LogP contribution in [-0.4, -0.2) is 17.2 Å². The second kappa shape index (κ2) is 3.90. The molecule has 1 fully saturated rings. The van der Waals surface area contributed by atoms with Crippen molar-refractivity contribution in [3.8, 4) is 0 Å². The van der Waals surface area contributed by atoms with E-state index in [4.69, 9.17) is 0 Å². The zero-order valence-electron chi connectivity index (χ0n) is 8.35. The van der Waals surface area contributed by atoms with Gasteiger partial charge in [0.2, 0.25) is 5.91 Å². The van der Waals surface area contributed by atoms with Crippen LogP contribution in [0.4, 0.5) is 0 Å². The highest BCUT2D eigenvalue weighted by atomic mass is 16.2. The molecule has 0 aromatic rings. The summed E-state index contributed by atoms with van der Waals surface area (Å²) in [5.74, 6) is -0.183. The van der Waals surface area contributed by atoms with Crippen molar-refractivity contribution < 1.29 is 9.59 Å². The topological polar surface area (TPSA) is 46.2 Å². The quantitative estimate of drug-likeness (QED) is 0.670. The summed E-state index contributed by atoms with van der Waals surface area (Å²) in [5.41, 5.74) is 0.0204. The van der Waals surface area contributed by atoms with Gasteiger partial charge >= 0.3 is 0 Å². The van der Waals surface area contributed by atoms with Crippen LogP contribution in [0, 0.1) is 0 Å². The Hall–Kier alpha value is -0.860. The number of rotatable bonds is 4. The van der Waals surface area contributed by atoms with Crippen molar-refractivity contribution in [3.05, 3.63) is 0 Å². The van der Waals surface area contributed by atoms with Crippen molar-refractivity contribution in [1.82, 2.24) is 5.32 Å². The van der Waals surface area contributed by atoms with Gasteiger partial charge in [0, 0.05) is 5.54 Å². The molecule has 1 rings (SSSR count). The van der Waals surface area contributed by atoms with E-state index in [1.807, 2.05) is 0 Å². The van der Waals surface area contributed by atoms with Crippen LogP contribution in [-0.2, 0) is 9.59 Å². The number of hydrogen-bond acceptors (Lipinski definition) is 2. The zero-order chi connectivity index (χ0) is 9.90. The third-order valence-electron chi connectivity index (χ3n) is 2.80. The van der Waals surface area contributed by atoms with Gasteiger partial charge in [0.15, 0.2) is 0 Å². The number of Topliss-reactive ketones (excluding diaryl/α,β-unsaturated/α-hetero) is 1. The zero-order valence-corrected chi connectivity index (χ0v) is 8.35. The molecule has 1 saturated carbocycles. The molecule has 13 heavy (non-hydrogen) atoms. The summed E-state index contributed by atoms with van der Waals surface area (Å²) in [6.45, 7) is 3.52. The molecule has 0 unspecified atom stereocenters. The number of carbonyl (C=O) groups is 2. The lowest BCUT2D eigenvalue weighted by Gasteiger charge is -2.42. The normalized spacial score (nSPS) is 18.9. The molecule has 0 spiro atoms. The summed E-state index contributed by atoms with van der Waals surface area (Å²) in [7, 11) is 0. The van der Waals surface area contributed by atoms with Crippen molar-refractivity contribution in [2.45, 2.75) is 51.5 Å². The van der Waals surface area contributed by atoms with E-state index in [1.54, 1.807) is 0 Å². The van der Waals surface area contributed by atoms with Gasteiger partial charge in [-0.05, 0) is 32.6 Å². The highest BCUT2D eigenvalue weighted by Crippen LogP contribution is 2.34. The predicted molar refractivity (Wildman–Crippen MR) is 50.3 cm³/mol. The first kappa shape index (κ1) is 10.2. The smallest absolute Gasteiger partial charge is 0.227 e. The maximum absolute atomic E-state index is 11.3. The second-order valence-corrected chi connectivity index (χ2v) is 3.91. The number of nitrogens with one attached hydrogen (secondary N) is 1. The number of amides is 1. The summed E-state index contributed by atoms with van der Waals surface area (Å²) in [6, 6.07) is 0. The van der Waals surface area contributed by atoms with E-state index in [9.17, 15) is 9.59 Å². The standard InChI is InChI=1S/C10H17NO2/c1-3-10(5-4-6-10)11-9(13)7-8(2)12/h3-7H2,1-2H3,(H,11,13). The molecule has 0 bridgehead atoms. The van der Waals surface area contributed by atoms with E-state index in [-0.39, 0.29) is 23.7 Å². The van der Waals surface area contributed by atoms with Crippen LogP contribution in [0.15, 0.2) is 0 Å². The Morgan fingerprint density at radius 1 is 1.38 bits per heavy atom. The van der Waals surface area contributed by atoms with Gasteiger partial charge < -0.3 is 5.32 Å². The Bertz CT molecular complexity index is 213. The van der Waals surface area contributed by atoms with Gasteiger partial charge in [-0.15, -0.1) is 0 Å². The first-order valence-corrected chi connectivity index (χ1v) is 4.88. The van der Waals surface area contributed by atoms with E-state index in [0.29, 0.717) is 0 Å². The molecule has 74 valence electrons. The van der Waals surface area contributed by atoms with Crippen LogP contribution in [0.25, 0.3) is 0 Å². The highest BCUT2D eigenvalue weighted by Gasteiger charge is 2.36. The van der Waals surface area contributed by atoms with Crippen LogP contribution >= 0.6 is 0 Å². The van der Waals surface area contributed by atoms with E-state index in [1.165, 1.54) is 13.3 Å². The Labute approximate surface area is 78.9 Å². The largest absolute Gasteiger partial charge is 0.350 e. The lowest BCUT2D eigenvalue weighted by atomic mass is 9.75. The van der Waals surface area contributed by atoms with Crippen molar-refractivity contribution in [1.29, 1.82) is 0 Å². The van der Waals surface area contributed by atoms with Gasteiger partial charge in [0.05, 0.1) is 6.42 Å². The minimum absolute atomic E-state index is 0.0204. The number of hydrogen-bond donors (Lipinski definition) is 1. The molecule has 3 heteroatoms. The van der Waals surface area contributed by atoms with Crippen molar-refractivity contribution in [2.75, 3.05) is 0 Å². The molecule has 0 saturated heterocycles. The second-order valence-electron chi connectivity index (χ2n) is 3.91. The minimum Gasteiger partial charge on any atom is -0.350 e. The van der Waals surface area contributed by atoms with Crippen LogP contribution in [0.5, 0.6) is 0 Å². The molecule has 3 nitrogen and oxygen atoms in total. The highest BCUT2D eigenvalue weighted by molar-refractivity contribution is 5.97. The molecule has 0 atom stereocenters. The maximum Gasteiger partial charge on any atom is 0.227 e. The molecule has 0 aromatic heterocycles. The molecular formula is C10H17NO2. The molecule has 1 N–H and O–H groups in total. The maximum atomic E-state index is 11.3. The molecule has 1 aliphatic rings. The monoisotopic (exact) mass is 183 g/mol. The fourth-order valence-corrected chi connectivity index (χ4v) is 1.74. The SMILES string of the molecule is CCC1(NC(=O)CC(C)=O)CCC1. The van der Waals surface area contributed by atoms with Crippen LogP contribution in [0.3, 0.4) is 0 Å². The molecule has 0 heterocycles. The van der Waals surface area contributed by atoms with Crippen LogP contribution < -0.4 is 5.32 Å². The predicted octanol–water partition coefficient (Wildman–Crippen LogP) is 1.41. The van der Waals surface area contributed by atoms with Gasteiger partial charge in [0.25, 0.3) is 0 Å². The summed E-state index contributed by atoms with van der Waals surface area (Å²) >= 11 is 0. The summed E-state index contributed by atoms with van der Waals surface area (Å²) in [4.78, 5) is 22.0. The van der Waals surface area contributed by atoms with Gasteiger partial charge in [-0.3, -0.25) is 9.59 Å². The third-order valence-corrected chi connectivity index (χ3v) is 2.80. The molecular weight excluding hydrogens is 166 g/mol. The molecule has 1 amide bonds. The van der Waals surface area contributed by atoms with E-state index in [0.717, 1.165) is 19.3 Å². The summed E-state index contributed by atoms with van der Waals surface area (Å²) < 4.78 is 0. The first-order chi connectivity index (χ1) is 6.08. The van der Waals surface area contributed by atoms with Crippen molar-refractivity contribution >= 4 is 11.7 Å². The van der Waals surface area contributed by atoms with E-state index in [2.05, 4.69) is 12.2 Å². The van der Waals surface area contributed by atoms with Gasteiger partial charge in [-0.1, -0.05) is 6.92 Å². The molecule has 0 radical (unpaired) electrons. The molecule has 0 aliphatic heterocycles. The first-order valence-electron chi connectivity index (χ1n) is 4.88. The fourth-order valence-electron chi connectivity index (χ4n) is 1.74. The Morgan fingerprint density at radius 3 is 2.31 bits per heavy atom. The minimum atomic E-state index is -0.117. The van der Waals surface area contributed by atoms with Crippen molar-refractivity contribution in [2.24, 2.45) is 0 Å². The summed E-state index contributed by atoms with van der Waals surface area (Å²) in [5, 5.41) is 2.95. The Kier molecular flexibility index (Phi) is 3.07. The van der Waals surface area contributed by atoms with Gasteiger partial charge in [-0.25, -0.2) is 0 Å². The molecule has 0 aromatic carbocycles. The molecule has 1 aliphatic carbocycles. The fraction of sp³-hybridized carbons (Fsp3) is 0.800. The van der Waals surface area contributed by atoms with Crippen LogP contribution in [0.1, 0.15) is 46.0 Å². The number of ketones is 1. The average molecular weight is 183 g/mol. The third kappa shape index (κ3) is 2.54. The summed E-state index contributed by atoms with van der Waals surface area (Å²) in [6.07, 6.45) is 4.31.